The van der Waals surface area contributed by atoms with Crippen molar-refractivity contribution in [3.8, 4) is 11.1 Å². The number of benzene rings is 2. The van der Waals surface area contributed by atoms with Crippen LogP contribution in [0.4, 0.5) is 0 Å². The van der Waals surface area contributed by atoms with Crippen molar-refractivity contribution in [2.24, 2.45) is 5.41 Å². The second kappa shape index (κ2) is 11.7. The monoisotopic (exact) mass is 476 g/mol. The Kier molecular flexibility index (Phi) is 8.67. The first-order chi connectivity index (χ1) is 16.9. The first-order valence-corrected chi connectivity index (χ1v) is 13.7. The highest BCUT2D eigenvalue weighted by molar-refractivity contribution is 5.83. The van der Waals surface area contributed by atoms with Gasteiger partial charge in [0.15, 0.2) is 0 Å². The number of likely N-dealkylation sites (tertiary alicyclic amines) is 1. The van der Waals surface area contributed by atoms with Crippen LogP contribution in [0.15, 0.2) is 42.5 Å². The molecule has 0 radical (unpaired) electrons. The fourth-order valence-corrected chi connectivity index (χ4v) is 6.21. The molecule has 0 spiro atoms. The fraction of sp³-hybridized carbons (Fsp3) is 0.581. The van der Waals surface area contributed by atoms with E-state index < -0.39 is 0 Å². The Hall–Kier alpha value is -2.17. The third kappa shape index (κ3) is 6.54. The van der Waals surface area contributed by atoms with E-state index in [9.17, 15) is 4.79 Å². The van der Waals surface area contributed by atoms with Gasteiger partial charge < -0.3 is 10.1 Å². The summed E-state index contributed by atoms with van der Waals surface area (Å²) in [6, 6.07) is 16.8. The molecule has 2 aromatic rings. The van der Waals surface area contributed by atoms with Gasteiger partial charge in [-0.15, -0.1) is 0 Å². The molecule has 4 heteroatoms. The average molecular weight is 477 g/mol. The molecule has 0 aromatic heterocycles. The molecule has 35 heavy (non-hydrogen) atoms. The summed E-state index contributed by atoms with van der Waals surface area (Å²) in [6.45, 7) is 12.1. The normalized spacial score (nSPS) is 22.6. The lowest BCUT2D eigenvalue weighted by Crippen LogP contribution is -2.47. The molecule has 2 aliphatic heterocycles. The quantitative estimate of drug-likeness (QED) is 0.470. The molecule has 2 aromatic carbocycles. The molecule has 2 unspecified atom stereocenters. The van der Waals surface area contributed by atoms with E-state index >= 15 is 0 Å². The summed E-state index contributed by atoms with van der Waals surface area (Å²) in [7, 11) is 0. The van der Waals surface area contributed by atoms with Gasteiger partial charge in [-0.1, -0.05) is 60.0 Å². The highest BCUT2D eigenvalue weighted by atomic mass is 16.5. The number of carbonyl (C=O) groups is 1. The van der Waals surface area contributed by atoms with Gasteiger partial charge in [0.1, 0.15) is 0 Å². The molecule has 0 aliphatic carbocycles. The molecule has 1 amide bonds. The minimum Gasteiger partial charge on any atom is -0.381 e. The Labute approximate surface area is 212 Å². The molecule has 2 fully saturated rings. The van der Waals surface area contributed by atoms with Crippen molar-refractivity contribution in [2.45, 2.75) is 84.7 Å². The molecule has 190 valence electrons. The Balaban J connectivity index is 1.41. The molecular formula is C31H44N2O2. The Morgan fingerprint density at radius 3 is 2.37 bits per heavy atom. The topological polar surface area (TPSA) is 41.6 Å². The zero-order valence-corrected chi connectivity index (χ0v) is 22.2. The lowest BCUT2D eigenvalue weighted by molar-refractivity contribution is -0.136. The number of nitrogens with one attached hydrogen (secondary N) is 1. The summed E-state index contributed by atoms with van der Waals surface area (Å²) < 4.78 is 5.67. The number of ether oxygens (including phenoxy) is 1. The Bertz CT molecular complexity index is 965. The van der Waals surface area contributed by atoms with Crippen LogP contribution in [0.3, 0.4) is 0 Å². The van der Waals surface area contributed by atoms with Crippen molar-refractivity contribution in [1.82, 2.24) is 10.2 Å². The van der Waals surface area contributed by atoms with Crippen molar-refractivity contribution < 1.29 is 9.53 Å². The van der Waals surface area contributed by atoms with Gasteiger partial charge in [0, 0.05) is 38.4 Å². The number of hydrogen-bond acceptors (Lipinski definition) is 3. The third-order valence-electron chi connectivity index (χ3n) is 8.21. The van der Waals surface area contributed by atoms with E-state index in [1.807, 2.05) is 0 Å². The molecule has 2 atom stereocenters. The minimum atomic E-state index is -0.384. The Morgan fingerprint density at radius 2 is 1.69 bits per heavy atom. The second-order valence-corrected chi connectivity index (χ2v) is 11.1. The lowest BCUT2D eigenvalue weighted by Gasteiger charge is -2.39. The smallest absolute Gasteiger partial charge is 0.226 e. The highest BCUT2D eigenvalue weighted by Gasteiger charge is 2.40. The number of aryl methyl sites for hydroxylation is 2. The van der Waals surface area contributed by atoms with Crippen LogP contribution in [0.1, 0.15) is 69.1 Å². The maximum atomic E-state index is 13.6. The molecule has 0 bridgehead atoms. The van der Waals surface area contributed by atoms with Gasteiger partial charge in [-0.05, 0) is 82.9 Å². The summed E-state index contributed by atoms with van der Waals surface area (Å²) in [5.74, 6) is 0.206. The Morgan fingerprint density at radius 1 is 1.00 bits per heavy atom. The first kappa shape index (κ1) is 25.9. The summed E-state index contributed by atoms with van der Waals surface area (Å²) >= 11 is 0. The van der Waals surface area contributed by atoms with Crippen molar-refractivity contribution in [2.75, 3.05) is 26.3 Å². The molecule has 4 nitrogen and oxygen atoms in total. The fourth-order valence-electron chi connectivity index (χ4n) is 6.21. The molecule has 2 heterocycles. The molecule has 2 aliphatic rings. The molecule has 1 N–H and O–H groups in total. The maximum absolute atomic E-state index is 13.6. The number of carbonyl (C=O) groups excluding carboxylic acids is 1. The summed E-state index contributed by atoms with van der Waals surface area (Å²) in [5, 5.41) is 3.32. The lowest BCUT2D eigenvalue weighted by atomic mass is 9.74. The van der Waals surface area contributed by atoms with Gasteiger partial charge in [0.25, 0.3) is 0 Å². The van der Waals surface area contributed by atoms with Crippen LogP contribution in [-0.2, 0) is 16.0 Å². The number of hydrogen-bond donors (Lipinski definition) is 1. The van der Waals surface area contributed by atoms with Crippen LogP contribution in [0.2, 0.25) is 0 Å². The van der Waals surface area contributed by atoms with Crippen molar-refractivity contribution >= 4 is 5.91 Å². The number of nitrogens with zero attached hydrogens (tertiary/aromatic N) is 1. The van der Waals surface area contributed by atoms with Crippen molar-refractivity contribution in [3.63, 3.8) is 0 Å². The standard InChI is InChI=1S/C31H44N2O2/c1-23-18-24(2)20-29(19-23)28-11-6-10-27(21-28)22-31(12-16-35-17-13-31)30(34)32-14-7-15-33-25(3)8-5-9-26(33)4/h6,10-11,18-21,25-26H,5,7-9,12-17,22H2,1-4H3,(H,32,34). The average Bonchev–Trinajstić information content (AvgIpc) is 2.83. The maximum Gasteiger partial charge on any atom is 0.226 e. The molecule has 2 saturated heterocycles. The van der Waals surface area contributed by atoms with Gasteiger partial charge in [0.2, 0.25) is 5.91 Å². The van der Waals surface area contributed by atoms with E-state index in [1.165, 1.54) is 47.1 Å². The van der Waals surface area contributed by atoms with E-state index in [-0.39, 0.29) is 11.3 Å². The summed E-state index contributed by atoms with van der Waals surface area (Å²) in [4.78, 5) is 16.2. The first-order valence-electron chi connectivity index (χ1n) is 13.7. The van der Waals surface area contributed by atoms with Gasteiger partial charge in [-0.25, -0.2) is 0 Å². The van der Waals surface area contributed by atoms with Crippen molar-refractivity contribution in [1.29, 1.82) is 0 Å². The van der Waals surface area contributed by atoms with E-state index in [0.717, 1.165) is 38.8 Å². The predicted octanol–water partition coefficient (Wildman–Crippen LogP) is 6.08. The zero-order valence-electron chi connectivity index (χ0n) is 22.2. The van der Waals surface area contributed by atoms with Gasteiger partial charge in [0.05, 0.1) is 5.41 Å². The number of rotatable bonds is 8. The second-order valence-electron chi connectivity index (χ2n) is 11.1. The van der Waals surface area contributed by atoms with Crippen LogP contribution in [0.5, 0.6) is 0 Å². The van der Waals surface area contributed by atoms with Crippen LogP contribution >= 0.6 is 0 Å². The predicted molar refractivity (Wildman–Crippen MR) is 145 cm³/mol. The summed E-state index contributed by atoms with van der Waals surface area (Å²) in [5.41, 5.74) is 5.87. The highest BCUT2D eigenvalue weighted by Crippen LogP contribution is 2.36. The van der Waals surface area contributed by atoms with E-state index in [0.29, 0.717) is 25.3 Å². The number of amides is 1. The molecule has 4 rings (SSSR count). The molecule has 0 saturated carbocycles. The van der Waals surface area contributed by atoms with Gasteiger partial charge >= 0.3 is 0 Å². The third-order valence-corrected chi connectivity index (χ3v) is 8.21. The van der Waals surface area contributed by atoms with Crippen LogP contribution in [0.25, 0.3) is 11.1 Å². The van der Waals surface area contributed by atoms with Crippen LogP contribution in [-0.4, -0.2) is 49.2 Å². The minimum absolute atomic E-state index is 0.206. The number of piperidine rings is 1. The van der Waals surface area contributed by atoms with E-state index in [1.54, 1.807) is 0 Å². The van der Waals surface area contributed by atoms with Crippen molar-refractivity contribution in [3.05, 3.63) is 59.2 Å². The van der Waals surface area contributed by atoms with Gasteiger partial charge in [-0.2, -0.15) is 0 Å². The zero-order chi connectivity index (χ0) is 24.8. The summed E-state index contributed by atoms with van der Waals surface area (Å²) in [6.07, 6.45) is 7.27. The van der Waals surface area contributed by atoms with Crippen LogP contribution in [0, 0.1) is 19.3 Å². The van der Waals surface area contributed by atoms with Gasteiger partial charge in [-0.3, -0.25) is 9.69 Å². The van der Waals surface area contributed by atoms with Crippen LogP contribution < -0.4 is 5.32 Å². The van der Waals surface area contributed by atoms with E-state index in [2.05, 4.69) is 80.4 Å². The largest absolute Gasteiger partial charge is 0.381 e. The van der Waals surface area contributed by atoms with E-state index in [4.69, 9.17) is 4.74 Å². The SMILES string of the molecule is Cc1cc(C)cc(-c2cccc(CC3(C(=O)NCCCN4C(C)CCCC4C)CCOCC3)c2)c1. The molecular weight excluding hydrogens is 432 g/mol.